The summed E-state index contributed by atoms with van der Waals surface area (Å²) in [5.41, 5.74) is 0.613. The molecule has 1 aliphatic rings. The molecule has 0 aliphatic carbocycles. The Morgan fingerprint density at radius 3 is 2.48 bits per heavy atom. The minimum absolute atomic E-state index is 0.104. The molecule has 1 fully saturated rings. The van der Waals surface area contributed by atoms with E-state index in [1.54, 1.807) is 29.2 Å². The molecule has 1 N–H and O–H groups in total. The molecule has 1 aliphatic heterocycles. The number of carbonyl (C=O) groups excluding carboxylic acids is 2. The molecule has 1 unspecified atom stereocenters. The van der Waals surface area contributed by atoms with Gasteiger partial charge in [0.1, 0.15) is 11.5 Å². The summed E-state index contributed by atoms with van der Waals surface area (Å²) in [6.07, 6.45) is 3.95. The Bertz CT molecular complexity index is 950. The zero-order chi connectivity index (χ0) is 23.8. The van der Waals surface area contributed by atoms with Crippen LogP contribution in [0.15, 0.2) is 47.4 Å². The summed E-state index contributed by atoms with van der Waals surface area (Å²) in [5.74, 6) is -0.695. The standard InChI is InChI=1S/C26H33NO5S/c1-4-5-6-15-32-20-12-10-19(11-13-20)24(28)22-23(21-9-7-17-33-21)27(26(30)25(22)29)14-8-16-31-18(2)3/h7,9-13,17-18,23,28H,4-6,8,14-16H2,1-3H3/b24-22-. The SMILES string of the molecule is CCCCCOc1ccc(/C(O)=C2/C(=O)C(=O)N(CCCOC(C)C)C2c2cccs2)cc1. The van der Waals surface area contributed by atoms with Crippen LogP contribution in [-0.4, -0.2) is 47.6 Å². The molecule has 6 nitrogen and oxygen atoms in total. The average Bonchev–Trinajstić information content (AvgIpc) is 3.42. The Hall–Kier alpha value is -2.64. The number of benzene rings is 1. The normalized spacial score (nSPS) is 17.8. The third-order valence-electron chi connectivity index (χ3n) is 5.49. The molecule has 2 aromatic rings. The highest BCUT2D eigenvalue weighted by molar-refractivity contribution is 7.10. The van der Waals surface area contributed by atoms with Gasteiger partial charge in [-0.1, -0.05) is 25.8 Å². The lowest BCUT2D eigenvalue weighted by atomic mass is 10.00. The Balaban J connectivity index is 1.84. The first-order chi connectivity index (χ1) is 15.9. The van der Waals surface area contributed by atoms with Gasteiger partial charge in [-0.25, -0.2) is 0 Å². The molecule has 0 saturated carbocycles. The lowest BCUT2D eigenvalue weighted by Crippen LogP contribution is -2.31. The molecule has 1 atom stereocenters. The number of aliphatic hydroxyl groups is 1. The Morgan fingerprint density at radius 2 is 1.85 bits per heavy atom. The van der Waals surface area contributed by atoms with E-state index in [0.717, 1.165) is 24.1 Å². The number of unbranched alkanes of at least 4 members (excludes halogenated alkanes) is 2. The zero-order valence-corrected chi connectivity index (χ0v) is 20.4. The van der Waals surface area contributed by atoms with Gasteiger partial charge in [0.25, 0.3) is 11.7 Å². The van der Waals surface area contributed by atoms with Crippen molar-refractivity contribution in [2.75, 3.05) is 19.8 Å². The molecule has 1 aromatic heterocycles. The summed E-state index contributed by atoms with van der Waals surface area (Å²) in [6, 6.07) is 10.2. The molecule has 0 spiro atoms. The summed E-state index contributed by atoms with van der Waals surface area (Å²) in [7, 11) is 0. The molecule has 0 bridgehead atoms. The van der Waals surface area contributed by atoms with E-state index in [-0.39, 0.29) is 17.4 Å². The van der Waals surface area contributed by atoms with Crippen LogP contribution in [0.3, 0.4) is 0 Å². The maximum absolute atomic E-state index is 13.0. The lowest BCUT2D eigenvalue weighted by Gasteiger charge is -2.24. The highest BCUT2D eigenvalue weighted by atomic mass is 32.1. The van der Waals surface area contributed by atoms with E-state index in [1.807, 2.05) is 31.4 Å². The van der Waals surface area contributed by atoms with Gasteiger partial charge in [0, 0.05) is 23.6 Å². The quantitative estimate of drug-likeness (QED) is 0.190. The van der Waals surface area contributed by atoms with Gasteiger partial charge in [-0.3, -0.25) is 9.59 Å². The molecule has 7 heteroatoms. The number of likely N-dealkylation sites (tertiary alicyclic amines) is 1. The van der Waals surface area contributed by atoms with Crippen molar-refractivity contribution in [1.82, 2.24) is 4.90 Å². The van der Waals surface area contributed by atoms with Crippen LogP contribution in [0, 0.1) is 0 Å². The van der Waals surface area contributed by atoms with Crippen LogP contribution in [0.4, 0.5) is 0 Å². The van der Waals surface area contributed by atoms with Gasteiger partial charge in [-0.15, -0.1) is 11.3 Å². The second-order valence-electron chi connectivity index (χ2n) is 8.36. The first-order valence-corrected chi connectivity index (χ1v) is 12.5. The van der Waals surface area contributed by atoms with Gasteiger partial charge in [0.2, 0.25) is 0 Å². The van der Waals surface area contributed by atoms with Gasteiger partial charge in [0.15, 0.2) is 0 Å². The molecule has 3 rings (SSSR count). The molecule has 1 saturated heterocycles. The van der Waals surface area contributed by atoms with Crippen LogP contribution in [0.2, 0.25) is 0 Å². The molecule has 1 amide bonds. The molecular weight excluding hydrogens is 438 g/mol. The summed E-state index contributed by atoms with van der Waals surface area (Å²) in [4.78, 5) is 28.3. The van der Waals surface area contributed by atoms with E-state index in [1.165, 1.54) is 11.3 Å². The van der Waals surface area contributed by atoms with Gasteiger partial charge in [0.05, 0.1) is 24.3 Å². The van der Waals surface area contributed by atoms with Crippen molar-refractivity contribution in [3.05, 3.63) is 57.8 Å². The summed E-state index contributed by atoms with van der Waals surface area (Å²) in [5, 5.41) is 13.0. The van der Waals surface area contributed by atoms with Crippen LogP contribution in [-0.2, 0) is 14.3 Å². The fourth-order valence-corrected chi connectivity index (χ4v) is 4.66. The lowest BCUT2D eigenvalue weighted by molar-refractivity contribution is -0.140. The molecule has 2 heterocycles. The van der Waals surface area contributed by atoms with Crippen molar-refractivity contribution in [2.45, 2.75) is 58.6 Å². The molecule has 33 heavy (non-hydrogen) atoms. The first kappa shape index (κ1) is 25.0. The van der Waals surface area contributed by atoms with Gasteiger partial charge in [-0.2, -0.15) is 0 Å². The minimum atomic E-state index is -0.657. The second-order valence-corrected chi connectivity index (χ2v) is 9.34. The van der Waals surface area contributed by atoms with Gasteiger partial charge in [-0.05, 0) is 62.4 Å². The summed E-state index contributed by atoms with van der Waals surface area (Å²) in [6.45, 7) is 7.57. The average molecular weight is 472 g/mol. The van der Waals surface area contributed by atoms with Gasteiger partial charge < -0.3 is 19.5 Å². The van der Waals surface area contributed by atoms with Gasteiger partial charge >= 0.3 is 0 Å². The monoisotopic (exact) mass is 471 g/mol. The predicted molar refractivity (Wildman–Crippen MR) is 130 cm³/mol. The number of rotatable bonds is 12. The third kappa shape index (κ3) is 6.24. The smallest absolute Gasteiger partial charge is 0.295 e. The van der Waals surface area contributed by atoms with Crippen molar-refractivity contribution in [3.8, 4) is 5.75 Å². The molecule has 178 valence electrons. The van der Waals surface area contributed by atoms with E-state index in [9.17, 15) is 14.7 Å². The number of thiophene rings is 1. The van der Waals surface area contributed by atoms with Crippen LogP contribution >= 0.6 is 11.3 Å². The van der Waals surface area contributed by atoms with Crippen LogP contribution in [0.1, 0.15) is 62.9 Å². The Kier molecular flexibility index (Phi) is 9.09. The number of carbonyl (C=O) groups is 2. The predicted octanol–water partition coefficient (Wildman–Crippen LogP) is 5.55. The van der Waals surface area contributed by atoms with Crippen molar-refractivity contribution < 1.29 is 24.2 Å². The van der Waals surface area contributed by atoms with Crippen molar-refractivity contribution in [1.29, 1.82) is 0 Å². The molecule has 0 radical (unpaired) electrons. The number of hydrogen-bond donors (Lipinski definition) is 1. The van der Waals surface area contributed by atoms with Crippen LogP contribution in [0.25, 0.3) is 5.76 Å². The van der Waals surface area contributed by atoms with Crippen molar-refractivity contribution in [3.63, 3.8) is 0 Å². The summed E-state index contributed by atoms with van der Waals surface area (Å²) < 4.78 is 11.3. The minimum Gasteiger partial charge on any atom is -0.507 e. The Labute approximate surface area is 199 Å². The second kappa shape index (κ2) is 12.0. The highest BCUT2D eigenvalue weighted by Gasteiger charge is 2.46. The number of Topliss-reactive ketones (excluding diaryl/α,β-unsaturated/α-hetero) is 1. The Morgan fingerprint density at radius 1 is 1.09 bits per heavy atom. The topological polar surface area (TPSA) is 76.1 Å². The largest absolute Gasteiger partial charge is 0.507 e. The zero-order valence-electron chi connectivity index (χ0n) is 19.6. The van der Waals surface area contributed by atoms with E-state index in [4.69, 9.17) is 9.47 Å². The molecule has 1 aromatic carbocycles. The van der Waals surface area contributed by atoms with Crippen LogP contribution < -0.4 is 4.74 Å². The first-order valence-electron chi connectivity index (χ1n) is 11.6. The van der Waals surface area contributed by atoms with E-state index in [2.05, 4.69) is 6.92 Å². The number of aliphatic hydroxyl groups excluding tert-OH is 1. The van der Waals surface area contributed by atoms with Crippen LogP contribution in [0.5, 0.6) is 5.75 Å². The number of nitrogens with zero attached hydrogens (tertiary/aromatic N) is 1. The number of amides is 1. The van der Waals surface area contributed by atoms with Crippen molar-refractivity contribution in [2.24, 2.45) is 0 Å². The highest BCUT2D eigenvalue weighted by Crippen LogP contribution is 2.41. The van der Waals surface area contributed by atoms with E-state index < -0.39 is 17.7 Å². The molecular formula is C26H33NO5S. The third-order valence-corrected chi connectivity index (χ3v) is 6.42. The summed E-state index contributed by atoms with van der Waals surface area (Å²) >= 11 is 1.46. The maximum atomic E-state index is 13.0. The fourth-order valence-electron chi connectivity index (χ4n) is 3.81. The fraction of sp³-hybridized carbons (Fsp3) is 0.462. The maximum Gasteiger partial charge on any atom is 0.295 e. The number of ketones is 1. The number of ether oxygens (including phenoxy) is 2. The van der Waals surface area contributed by atoms with E-state index >= 15 is 0 Å². The number of hydrogen-bond acceptors (Lipinski definition) is 6. The van der Waals surface area contributed by atoms with Crippen molar-refractivity contribution >= 4 is 28.8 Å². The van der Waals surface area contributed by atoms with E-state index in [0.29, 0.717) is 37.5 Å².